The first-order chi connectivity index (χ1) is 10.1. The number of rotatable bonds is 2. The second-order valence-electron chi connectivity index (χ2n) is 4.78. The number of aliphatic imine (C=N–C) groups is 1. The molecule has 0 spiro atoms. The van der Waals surface area contributed by atoms with Gasteiger partial charge in [-0.2, -0.15) is 0 Å². The van der Waals surface area contributed by atoms with E-state index < -0.39 is 0 Å². The Hall–Kier alpha value is -1.91. The Morgan fingerprint density at radius 1 is 1.19 bits per heavy atom. The van der Waals surface area contributed by atoms with E-state index >= 15 is 0 Å². The molecule has 0 saturated heterocycles. The van der Waals surface area contributed by atoms with E-state index in [0.717, 1.165) is 11.3 Å². The van der Waals surface area contributed by atoms with Crippen LogP contribution in [0, 0.1) is 0 Å². The summed E-state index contributed by atoms with van der Waals surface area (Å²) in [7, 11) is 0. The molecule has 108 valence electrons. The van der Waals surface area contributed by atoms with Gasteiger partial charge in [0.25, 0.3) is 0 Å². The van der Waals surface area contributed by atoms with Crippen molar-refractivity contribution in [3.05, 3.63) is 58.1 Å². The predicted octanol–water partition coefficient (Wildman–Crippen LogP) is 3.58. The monoisotopic (exact) mass is 321 g/mol. The maximum atomic E-state index is 9.54. The Bertz CT molecular complexity index is 718. The van der Waals surface area contributed by atoms with Crippen molar-refractivity contribution < 1.29 is 5.11 Å². The standard InChI is InChI=1S/C15H13Cl2N3O/c16-10-2-1-3-11(7-10)20-13(8-19-15(20)18)9-4-5-14(21)12(17)6-9/h1-7,13,21H,8H2,(H2,18,19). The average molecular weight is 322 g/mol. The van der Waals surface area contributed by atoms with Gasteiger partial charge in [-0.05, 0) is 35.9 Å². The zero-order chi connectivity index (χ0) is 15.0. The summed E-state index contributed by atoms with van der Waals surface area (Å²) in [4.78, 5) is 6.22. The molecule has 0 radical (unpaired) electrons. The van der Waals surface area contributed by atoms with Crippen LogP contribution in [-0.2, 0) is 0 Å². The van der Waals surface area contributed by atoms with Crippen molar-refractivity contribution in [1.29, 1.82) is 0 Å². The molecule has 0 aromatic heterocycles. The zero-order valence-electron chi connectivity index (χ0n) is 11.0. The van der Waals surface area contributed by atoms with E-state index in [1.54, 1.807) is 18.2 Å². The van der Waals surface area contributed by atoms with Crippen molar-refractivity contribution in [2.24, 2.45) is 10.7 Å². The van der Waals surface area contributed by atoms with Crippen LogP contribution in [0.15, 0.2) is 47.5 Å². The molecule has 1 aliphatic rings. The summed E-state index contributed by atoms with van der Waals surface area (Å²) in [6, 6.07) is 12.5. The minimum atomic E-state index is -0.0680. The highest BCUT2D eigenvalue weighted by atomic mass is 35.5. The lowest BCUT2D eigenvalue weighted by Crippen LogP contribution is -2.36. The smallest absolute Gasteiger partial charge is 0.196 e. The van der Waals surface area contributed by atoms with Gasteiger partial charge in [-0.3, -0.25) is 4.99 Å². The van der Waals surface area contributed by atoms with Crippen LogP contribution < -0.4 is 10.6 Å². The Balaban J connectivity index is 2.00. The van der Waals surface area contributed by atoms with Gasteiger partial charge in [-0.25, -0.2) is 0 Å². The van der Waals surface area contributed by atoms with E-state index in [0.29, 0.717) is 22.5 Å². The topological polar surface area (TPSA) is 61.9 Å². The third-order valence-electron chi connectivity index (χ3n) is 3.43. The van der Waals surface area contributed by atoms with E-state index in [1.165, 1.54) is 0 Å². The van der Waals surface area contributed by atoms with Crippen LogP contribution in [0.4, 0.5) is 5.69 Å². The van der Waals surface area contributed by atoms with Gasteiger partial charge in [0, 0.05) is 10.7 Å². The fourth-order valence-corrected chi connectivity index (χ4v) is 2.79. The molecule has 21 heavy (non-hydrogen) atoms. The number of anilines is 1. The summed E-state index contributed by atoms with van der Waals surface area (Å²) < 4.78 is 0. The number of guanidine groups is 1. The van der Waals surface area contributed by atoms with Crippen molar-refractivity contribution in [3.63, 3.8) is 0 Å². The van der Waals surface area contributed by atoms with Crippen LogP contribution in [0.2, 0.25) is 10.0 Å². The molecule has 2 aromatic carbocycles. The van der Waals surface area contributed by atoms with Gasteiger partial charge < -0.3 is 15.7 Å². The lowest BCUT2D eigenvalue weighted by atomic mass is 10.1. The van der Waals surface area contributed by atoms with Gasteiger partial charge in [0.2, 0.25) is 0 Å². The Morgan fingerprint density at radius 3 is 2.71 bits per heavy atom. The molecule has 0 aliphatic carbocycles. The molecule has 0 fully saturated rings. The zero-order valence-corrected chi connectivity index (χ0v) is 12.5. The maximum Gasteiger partial charge on any atom is 0.196 e. The predicted molar refractivity (Wildman–Crippen MR) is 86.3 cm³/mol. The van der Waals surface area contributed by atoms with Crippen molar-refractivity contribution in [2.45, 2.75) is 6.04 Å². The number of nitrogens with zero attached hydrogens (tertiary/aromatic N) is 2. The fraction of sp³-hybridized carbons (Fsp3) is 0.133. The van der Waals surface area contributed by atoms with Gasteiger partial charge >= 0.3 is 0 Å². The van der Waals surface area contributed by atoms with Crippen LogP contribution >= 0.6 is 23.2 Å². The second-order valence-corrected chi connectivity index (χ2v) is 5.62. The second kappa shape index (κ2) is 5.47. The molecule has 0 saturated carbocycles. The maximum absolute atomic E-state index is 9.54. The van der Waals surface area contributed by atoms with Crippen LogP contribution in [0.3, 0.4) is 0 Å². The normalized spacial score (nSPS) is 17.9. The van der Waals surface area contributed by atoms with Crippen molar-refractivity contribution in [1.82, 2.24) is 0 Å². The highest BCUT2D eigenvalue weighted by Crippen LogP contribution is 2.35. The van der Waals surface area contributed by atoms with Crippen LogP contribution in [0.1, 0.15) is 11.6 Å². The molecule has 1 unspecified atom stereocenters. The summed E-state index contributed by atoms with van der Waals surface area (Å²) in [5.74, 6) is 0.494. The molecule has 2 aromatic rings. The van der Waals surface area contributed by atoms with Gasteiger partial charge in [-0.15, -0.1) is 0 Å². The minimum Gasteiger partial charge on any atom is -0.506 e. The highest BCUT2D eigenvalue weighted by molar-refractivity contribution is 6.32. The van der Waals surface area contributed by atoms with E-state index in [1.807, 2.05) is 29.2 Å². The summed E-state index contributed by atoms with van der Waals surface area (Å²) >= 11 is 12.0. The number of phenolic OH excluding ortho intramolecular Hbond substituents is 1. The molecule has 4 nitrogen and oxygen atoms in total. The fourth-order valence-electron chi connectivity index (χ4n) is 2.42. The van der Waals surface area contributed by atoms with Crippen LogP contribution in [0.5, 0.6) is 5.75 Å². The molecule has 3 rings (SSSR count). The average Bonchev–Trinajstić information content (AvgIpc) is 2.84. The summed E-state index contributed by atoms with van der Waals surface area (Å²) in [5.41, 5.74) is 7.81. The molecule has 1 aliphatic heterocycles. The van der Waals surface area contributed by atoms with E-state index in [4.69, 9.17) is 28.9 Å². The van der Waals surface area contributed by atoms with Crippen LogP contribution in [0.25, 0.3) is 0 Å². The molecule has 0 amide bonds. The molecule has 0 bridgehead atoms. The number of halogens is 2. The lowest BCUT2D eigenvalue weighted by Gasteiger charge is -2.27. The number of aromatic hydroxyl groups is 1. The Kier molecular flexibility index (Phi) is 3.66. The van der Waals surface area contributed by atoms with Gasteiger partial charge in [0.05, 0.1) is 17.6 Å². The summed E-state index contributed by atoms with van der Waals surface area (Å²) in [5, 5.41) is 10.5. The van der Waals surface area contributed by atoms with Gasteiger partial charge in [-0.1, -0.05) is 35.3 Å². The molecular formula is C15H13Cl2N3O. The van der Waals surface area contributed by atoms with Gasteiger partial charge in [0.1, 0.15) is 5.75 Å². The first-order valence-electron chi connectivity index (χ1n) is 6.39. The number of phenols is 1. The van der Waals surface area contributed by atoms with E-state index in [-0.39, 0.29) is 11.8 Å². The largest absolute Gasteiger partial charge is 0.506 e. The molecule has 6 heteroatoms. The number of benzene rings is 2. The third-order valence-corrected chi connectivity index (χ3v) is 3.97. The molecule has 1 atom stereocenters. The lowest BCUT2D eigenvalue weighted by molar-refractivity contribution is 0.475. The summed E-state index contributed by atoms with van der Waals surface area (Å²) in [6.45, 7) is 0.527. The molecule has 1 heterocycles. The summed E-state index contributed by atoms with van der Waals surface area (Å²) in [6.07, 6.45) is 0. The first kappa shape index (κ1) is 14.0. The van der Waals surface area contributed by atoms with Crippen molar-refractivity contribution >= 4 is 34.8 Å². The number of nitrogens with two attached hydrogens (primary N) is 1. The number of hydrogen-bond acceptors (Lipinski definition) is 4. The van der Waals surface area contributed by atoms with Crippen molar-refractivity contribution in [2.75, 3.05) is 11.4 Å². The minimum absolute atomic E-state index is 0.0570. The quantitative estimate of drug-likeness (QED) is 0.888. The van der Waals surface area contributed by atoms with E-state index in [2.05, 4.69) is 4.99 Å². The Labute approximate surface area is 132 Å². The third kappa shape index (κ3) is 2.64. The SMILES string of the molecule is NC1=NCC(c2ccc(O)c(Cl)c2)N1c1cccc(Cl)c1. The molecular weight excluding hydrogens is 309 g/mol. The van der Waals surface area contributed by atoms with Crippen LogP contribution in [-0.4, -0.2) is 17.6 Å². The van der Waals surface area contributed by atoms with Crippen molar-refractivity contribution in [3.8, 4) is 5.75 Å². The Morgan fingerprint density at radius 2 is 2.00 bits per heavy atom. The van der Waals surface area contributed by atoms with E-state index in [9.17, 15) is 5.11 Å². The first-order valence-corrected chi connectivity index (χ1v) is 7.15. The molecule has 3 N–H and O–H groups in total. The van der Waals surface area contributed by atoms with Gasteiger partial charge in [0.15, 0.2) is 5.96 Å². The number of hydrogen-bond donors (Lipinski definition) is 2. The highest BCUT2D eigenvalue weighted by Gasteiger charge is 2.29.